The van der Waals surface area contributed by atoms with Gasteiger partial charge < -0.3 is 4.42 Å². The van der Waals surface area contributed by atoms with Gasteiger partial charge in [0, 0.05) is 29.3 Å². The molecule has 4 aromatic rings. The zero-order valence-corrected chi connectivity index (χ0v) is 21.5. The Morgan fingerprint density at radius 3 is 2.50 bits per heavy atom. The van der Waals surface area contributed by atoms with E-state index in [1.807, 2.05) is 72.9 Å². The third kappa shape index (κ3) is 4.69. The molecule has 1 aliphatic heterocycles. The molecule has 7 nitrogen and oxygen atoms in total. The monoisotopic (exact) mass is 504 g/mol. The fourth-order valence-corrected chi connectivity index (χ4v) is 4.68. The molecular weight excluding hydrogens is 476 g/mol. The van der Waals surface area contributed by atoms with E-state index in [0.29, 0.717) is 34.6 Å². The number of hydrogen-bond acceptors (Lipinski definition) is 5. The number of hydrogen-bond donors (Lipinski definition) is 0. The Morgan fingerprint density at radius 1 is 1.00 bits per heavy atom. The molecule has 38 heavy (non-hydrogen) atoms. The number of carbonyl (C=O) groups excluding carboxylic acids is 2. The van der Waals surface area contributed by atoms with Crippen LogP contribution < -0.4 is 0 Å². The summed E-state index contributed by atoms with van der Waals surface area (Å²) in [4.78, 5) is 27.8. The van der Waals surface area contributed by atoms with Crippen LogP contribution in [0.4, 0.5) is 0 Å². The minimum atomic E-state index is -0.527. The van der Waals surface area contributed by atoms with Gasteiger partial charge >= 0.3 is 0 Å². The molecule has 5 rings (SSSR count). The molecule has 2 amide bonds. The first-order valence-electron chi connectivity index (χ1n) is 12.8. The summed E-state index contributed by atoms with van der Waals surface area (Å²) in [6.07, 6.45) is 7.24. The lowest BCUT2D eigenvalue weighted by Crippen LogP contribution is -2.43. The standard InChI is InChI=1S/C31H28N4O3/c1-3-4-5-11-16-34-30(36)25(21(2)26(19-32)31(34)37)17-23-20-35(24-13-7-6-8-14-24)33-29(23)28-18-22-12-9-10-15-27(22)38-28/h6-10,12-15,17-18,20H,3-5,11,16H2,1-2H3/b25-17+. The van der Waals surface area contributed by atoms with Crippen molar-refractivity contribution in [3.05, 3.63) is 89.1 Å². The highest BCUT2D eigenvalue weighted by atomic mass is 16.3. The van der Waals surface area contributed by atoms with Crippen LogP contribution in [0.1, 0.15) is 45.1 Å². The molecule has 0 bridgehead atoms. The summed E-state index contributed by atoms with van der Waals surface area (Å²) >= 11 is 0. The van der Waals surface area contributed by atoms with E-state index in [9.17, 15) is 14.9 Å². The van der Waals surface area contributed by atoms with Crippen LogP contribution in [0.25, 0.3) is 34.2 Å². The molecule has 0 N–H and O–H groups in total. The number of fused-ring (bicyclic) bond motifs is 1. The van der Waals surface area contributed by atoms with E-state index < -0.39 is 11.8 Å². The number of amides is 2. The summed E-state index contributed by atoms with van der Waals surface area (Å²) < 4.78 is 7.86. The number of nitrogens with zero attached hydrogens (tertiary/aromatic N) is 4. The third-order valence-electron chi connectivity index (χ3n) is 6.78. The van der Waals surface area contributed by atoms with Crippen LogP contribution in [-0.4, -0.2) is 33.0 Å². The highest BCUT2D eigenvalue weighted by molar-refractivity contribution is 6.19. The molecule has 0 fully saturated rings. The molecule has 0 spiro atoms. The van der Waals surface area contributed by atoms with E-state index in [-0.39, 0.29) is 12.1 Å². The number of carbonyl (C=O) groups is 2. The van der Waals surface area contributed by atoms with Crippen LogP contribution in [-0.2, 0) is 9.59 Å². The lowest BCUT2D eigenvalue weighted by molar-refractivity contribution is -0.140. The molecule has 2 aromatic carbocycles. The molecule has 0 aliphatic carbocycles. The predicted octanol–water partition coefficient (Wildman–Crippen LogP) is 6.46. The largest absolute Gasteiger partial charge is 0.454 e. The summed E-state index contributed by atoms with van der Waals surface area (Å²) in [6.45, 7) is 4.04. The third-order valence-corrected chi connectivity index (χ3v) is 6.78. The molecule has 1 aliphatic rings. The molecule has 0 saturated carbocycles. The van der Waals surface area contributed by atoms with Gasteiger partial charge in [-0.25, -0.2) is 4.68 Å². The van der Waals surface area contributed by atoms with Gasteiger partial charge in [-0.2, -0.15) is 10.4 Å². The molecule has 2 aromatic heterocycles. The lowest BCUT2D eigenvalue weighted by Gasteiger charge is -2.27. The van der Waals surface area contributed by atoms with Crippen LogP contribution in [0.3, 0.4) is 0 Å². The van der Waals surface area contributed by atoms with Crippen LogP contribution in [0.2, 0.25) is 0 Å². The summed E-state index contributed by atoms with van der Waals surface area (Å²) in [6, 6.07) is 21.3. The van der Waals surface area contributed by atoms with Gasteiger partial charge in [0.1, 0.15) is 22.9 Å². The number of furan rings is 1. The Morgan fingerprint density at radius 2 is 1.76 bits per heavy atom. The zero-order chi connectivity index (χ0) is 26.6. The Bertz CT molecular complexity index is 1580. The van der Waals surface area contributed by atoms with E-state index in [1.165, 1.54) is 4.90 Å². The summed E-state index contributed by atoms with van der Waals surface area (Å²) in [5, 5.41) is 15.5. The van der Waals surface area contributed by atoms with Crippen molar-refractivity contribution < 1.29 is 14.0 Å². The molecule has 3 heterocycles. The normalized spacial score (nSPS) is 15.1. The smallest absolute Gasteiger partial charge is 0.271 e. The Balaban J connectivity index is 1.63. The minimum absolute atomic E-state index is 0.00733. The van der Waals surface area contributed by atoms with Crippen molar-refractivity contribution in [2.24, 2.45) is 0 Å². The molecular formula is C31H28N4O3. The van der Waals surface area contributed by atoms with Gasteiger partial charge in [-0.05, 0) is 49.3 Å². The van der Waals surface area contributed by atoms with Gasteiger partial charge in [0.2, 0.25) is 0 Å². The highest BCUT2D eigenvalue weighted by Crippen LogP contribution is 2.33. The predicted molar refractivity (Wildman–Crippen MR) is 146 cm³/mol. The fourth-order valence-electron chi connectivity index (χ4n) is 4.68. The molecule has 0 unspecified atom stereocenters. The molecule has 0 saturated heterocycles. The van der Waals surface area contributed by atoms with Crippen LogP contribution >= 0.6 is 0 Å². The van der Waals surface area contributed by atoms with Gasteiger partial charge in [0.15, 0.2) is 5.76 Å². The van der Waals surface area contributed by atoms with E-state index in [0.717, 1.165) is 35.9 Å². The second-order valence-corrected chi connectivity index (χ2v) is 9.35. The first-order valence-corrected chi connectivity index (χ1v) is 12.8. The Hall–Kier alpha value is -4.70. The fraction of sp³-hybridized carbons (Fsp3) is 0.226. The Kier molecular flexibility index (Phi) is 7.05. The number of nitriles is 1. The van der Waals surface area contributed by atoms with Crippen molar-refractivity contribution in [2.75, 3.05) is 6.54 Å². The number of unbranched alkanes of at least 4 members (excludes halogenated alkanes) is 3. The highest BCUT2D eigenvalue weighted by Gasteiger charge is 2.35. The first-order chi connectivity index (χ1) is 18.5. The van der Waals surface area contributed by atoms with Crippen LogP contribution in [0.15, 0.2) is 88.0 Å². The topological polar surface area (TPSA) is 92.1 Å². The first kappa shape index (κ1) is 25.0. The lowest BCUT2D eigenvalue weighted by atomic mass is 9.93. The number of para-hydroxylation sites is 2. The Labute approximate surface area is 221 Å². The van der Waals surface area contributed by atoms with E-state index in [2.05, 4.69) is 6.92 Å². The van der Waals surface area contributed by atoms with Gasteiger partial charge in [-0.15, -0.1) is 0 Å². The zero-order valence-electron chi connectivity index (χ0n) is 21.5. The van der Waals surface area contributed by atoms with Crippen LogP contribution in [0, 0.1) is 11.3 Å². The maximum atomic E-state index is 13.6. The SMILES string of the molecule is CCCCCCN1C(=O)C(C#N)=C(C)/C(=C\c2cn(-c3ccccc3)nc2-c2cc3ccccc3o2)C1=O. The van der Waals surface area contributed by atoms with Crippen molar-refractivity contribution >= 4 is 28.9 Å². The van der Waals surface area contributed by atoms with Gasteiger partial charge in [0.25, 0.3) is 11.8 Å². The summed E-state index contributed by atoms with van der Waals surface area (Å²) in [5.41, 5.74) is 3.46. The summed E-state index contributed by atoms with van der Waals surface area (Å²) in [7, 11) is 0. The van der Waals surface area contributed by atoms with Crippen molar-refractivity contribution in [1.29, 1.82) is 5.26 Å². The van der Waals surface area contributed by atoms with Crippen molar-refractivity contribution in [2.45, 2.75) is 39.5 Å². The molecule has 190 valence electrons. The number of imide groups is 1. The maximum Gasteiger partial charge on any atom is 0.271 e. The average Bonchev–Trinajstić information content (AvgIpc) is 3.56. The van der Waals surface area contributed by atoms with Crippen molar-refractivity contribution in [1.82, 2.24) is 14.7 Å². The maximum absolute atomic E-state index is 13.6. The molecule has 7 heteroatoms. The van der Waals surface area contributed by atoms with E-state index in [1.54, 1.807) is 17.7 Å². The van der Waals surface area contributed by atoms with E-state index in [4.69, 9.17) is 9.52 Å². The second kappa shape index (κ2) is 10.7. The minimum Gasteiger partial charge on any atom is -0.454 e. The average molecular weight is 505 g/mol. The number of benzene rings is 2. The molecule has 0 radical (unpaired) electrons. The summed E-state index contributed by atoms with van der Waals surface area (Å²) in [5.74, 6) is -0.363. The van der Waals surface area contributed by atoms with Crippen LogP contribution in [0.5, 0.6) is 0 Å². The van der Waals surface area contributed by atoms with Crippen molar-refractivity contribution in [3.8, 4) is 23.2 Å². The number of aromatic nitrogens is 2. The van der Waals surface area contributed by atoms with Gasteiger partial charge in [0.05, 0.1) is 5.69 Å². The quantitative estimate of drug-likeness (QED) is 0.156. The number of rotatable bonds is 8. The van der Waals surface area contributed by atoms with E-state index >= 15 is 0 Å². The van der Waals surface area contributed by atoms with Crippen molar-refractivity contribution in [3.63, 3.8) is 0 Å². The van der Waals surface area contributed by atoms with Gasteiger partial charge in [-0.3, -0.25) is 14.5 Å². The van der Waals surface area contributed by atoms with Gasteiger partial charge in [-0.1, -0.05) is 62.6 Å². The molecule has 0 atom stereocenters. The second-order valence-electron chi connectivity index (χ2n) is 9.35.